The van der Waals surface area contributed by atoms with Crippen LogP contribution in [0, 0.1) is 12.8 Å². The number of ketones is 1. The molecule has 1 saturated carbocycles. The number of methoxy groups -OCH3 is 1. The van der Waals surface area contributed by atoms with Gasteiger partial charge in [0.1, 0.15) is 11.3 Å². The van der Waals surface area contributed by atoms with Gasteiger partial charge in [0.05, 0.1) is 24.0 Å². The molecule has 2 amide bonds. The van der Waals surface area contributed by atoms with E-state index in [1.54, 1.807) is 37.8 Å². The Morgan fingerprint density at radius 3 is 2.72 bits per heavy atom. The SMILES string of the molecule is COc1c(O)c2c(c3cc(C(=O)N4C[C@H]5CC56C4=CC(=O)c4[nH]cc(C)c46)[nH]c13)CCN2C(=O)OC(C)(C)C. The van der Waals surface area contributed by atoms with Crippen LogP contribution in [-0.4, -0.2) is 63.6 Å². The topological polar surface area (TPSA) is 128 Å². The highest BCUT2D eigenvalue weighted by Crippen LogP contribution is 2.67. The quantitative estimate of drug-likeness (QED) is 0.453. The Morgan fingerprint density at radius 1 is 1.23 bits per heavy atom. The molecule has 4 heterocycles. The Hall–Kier alpha value is -4.21. The minimum Gasteiger partial charge on any atom is -0.503 e. The zero-order valence-electron chi connectivity index (χ0n) is 22.5. The van der Waals surface area contributed by atoms with Crippen LogP contribution in [-0.2, 0) is 16.6 Å². The Bertz CT molecular complexity index is 1670. The summed E-state index contributed by atoms with van der Waals surface area (Å²) < 4.78 is 11.1. The number of benzene rings is 1. The number of carbonyl (C=O) groups is 3. The number of aromatic amines is 2. The molecule has 10 nitrogen and oxygen atoms in total. The van der Waals surface area contributed by atoms with E-state index in [0.717, 1.165) is 28.8 Å². The predicted molar refractivity (Wildman–Crippen MR) is 143 cm³/mol. The Balaban J connectivity index is 1.29. The molecule has 2 atom stereocenters. The number of aromatic nitrogens is 2. The minimum atomic E-state index is -0.694. The average molecular weight is 531 g/mol. The Labute approximate surface area is 224 Å². The third-order valence-corrected chi connectivity index (χ3v) is 8.54. The van der Waals surface area contributed by atoms with E-state index in [4.69, 9.17) is 9.47 Å². The van der Waals surface area contributed by atoms with E-state index in [-0.39, 0.29) is 34.5 Å². The van der Waals surface area contributed by atoms with Crippen LogP contribution in [0.5, 0.6) is 11.5 Å². The molecule has 7 rings (SSSR count). The van der Waals surface area contributed by atoms with Crippen molar-refractivity contribution >= 4 is 34.4 Å². The summed E-state index contributed by atoms with van der Waals surface area (Å²) in [6.07, 6.45) is 4.32. The number of nitrogens with zero attached hydrogens (tertiary/aromatic N) is 2. The van der Waals surface area contributed by atoms with Gasteiger partial charge in [-0.2, -0.15) is 0 Å². The number of nitrogens with one attached hydrogen (secondary N) is 2. The number of aryl methyl sites for hydroxylation is 1. The molecule has 0 bridgehead atoms. The van der Waals surface area contributed by atoms with Crippen LogP contribution in [0.15, 0.2) is 24.0 Å². The zero-order valence-corrected chi connectivity index (χ0v) is 22.5. The second-order valence-electron chi connectivity index (χ2n) is 12.0. The molecule has 2 fully saturated rings. The number of amides is 2. The van der Waals surface area contributed by atoms with Gasteiger partial charge in [0.2, 0.25) is 5.78 Å². The molecular formula is C29H30N4O6. The van der Waals surface area contributed by atoms with Crippen LogP contribution in [0.1, 0.15) is 64.9 Å². The van der Waals surface area contributed by atoms with Crippen LogP contribution in [0.25, 0.3) is 10.9 Å². The first kappa shape index (κ1) is 23.9. The number of allylic oxidation sites excluding steroid dienone is 2. The van der Waals surface area contributed by atoms with Crippen molar-refractivity contribution in [1.29, 1.82) is 0 Å². The molecule has 39 heavy (non-hydrogen) atoms. The van der Waals surface area contributed by atoms with Gasteiger partial charge in [0.25, 0.3) is 5.91 Å². The number of hydrogen-bond acceptors (Lipinski definition) is 6. The number of phenolic OH excluding ortho intramolecular Hbond substituents is 1. The highest BCUT2D eigenvalue weighted by atomic mass is 16.6. The molecule has 1 spiro atoms. The predicted octanol–water partition coefficient (Wildman–Crippen LogP) is 4.31. The lowest BCUT2D eigenvalue weighted by Crippen LogP contribution is -2.35. The normalized spacial score (nSPS) is 22.8. The van der Waals surface area contributed by atoms with Gasteiger partial charge in [-0.05, 0) is 69.2 Å². The summed E-state index contributed by atoms with van der Waals surface area (Å²) in [5.74, 6) is -0.123. The highest BCUT2D eigenvalue weighted by molar-refractivity contribution is 6.10. The van der Waals surface area contributed by atoms with Gasteiger partial charge >= 0.3 is 6.09 Å². The number of likely N-dealkylation sites (tertiary alicyclic amines) is 1. The molecule has 1 saturated heterocycles. The second kappa shape index (κ2) is 7.46. The van der Waals surface area contributed by atoms with Crippen LogP contribution in [0.3, 0.4) is 0 Å². The molecule has 3 aromatic rings. The summed E-state index contributed by atoms with van der Waals surface area (Å²) in [5.41, 5.74) is 4.35. The summed E-state index contributed by atoms with van der Waals surface area (Å²) >= 11 is 0. The maximum atomic E-state index is 13.9. The largest absolute Gasteiger partial charge is 0.503 e. The van der Waals surface area contributed by atoms with Crippen molar-refractivity contribution in [3.05, 3.63) is 52.1 Å². The number of fused-ring (bicyclic) bond motifs is 4. The van der Waals surface area contributed by atoms with Gasteiger partial charge in [-0.25, -0.2) is 4.79 Å². The van der Waals surface area contributed by atoms with Crippen molar-refractivity contribution in [2.45, 2.75) is 51.6 Å². The van der Waals surface area contributed by atoms with Gasteiger partial charge in [0.15, 0.2) is 11.5 Å². The van der Waals surface area contributed by atoms with Crippen molar-refractivity contribution in [2.24, 2.45) is 5.92 Å². The molecule has 10 heteroatoms. The van der Waals surface area contributed by atoms with Gasteiger partial charge in [-0.1, -0.05) is 0 Å². The molecule has 1 aromatic carbocycles. The number of piperidine rings is 1. The molecule has 2 aliphatic heterocycles. The van der Waals surface area contributed by atoms with Crippen molar-refractivity contribution in [1.82, 2.24) is 14.9 Å². The molecular weight excluding hydrogens is 500 g/mol. The zero-order chi connectivity index (χ0) is 27.6. The van der Waals surface area contributed by atoms with Gasteiger partial charge < -0.3 is 29.4 Å². The fourth-order valence-electron chi connectivity index (χ4n) is 6.95. The van der Waals surface area contributed by atoms with Crippen molar-refractivity contribution < 1.29 is 29.0 Å². The van der Waals surface area contributed by atoms with Gasteiger partial charge in [-0.3, -0.25) is 14.5 Å². The fourth-order valence-corrected chi connectivity index (χ4v) is 6.95. The van der Waals surface area contributed by atoms with Crippen molar-refractivity contribution in [2.75, 3.05) is 25.1 Å². The molecule has 2 aliphatic carbocycles. The lowest BCUT2D eigenvalue weighted by molar-refractivity contribution is 0.0582. The molecule has 2 aromatic heterocycles. The van der Waals surface area contributed by atoms with E-state index in [0.29, 0.717) is 47.5 Å². The maximum absolute atomic E-state index is 13.9. The van der Waals surface area contributed by atoms with E-state index >= 15 is 0 Å². The van der Waals surface area contributed by atoms with Crippen molar-refractivity contribution in [3.8, 4) is 11.5 Å². The van der Waals surface area contributed by atoms with Crippen LogP contribution in [0.4, 0.5) is 10.5 Å². The number of ether oxygens (including phenoxy) is 2. The number of H-pyrrole nitrogens is 2. The number of aromatic hydroxyl groups is 1. The highest BCUT2D eigenvalue weighted by Gasteiger charge is 2.68. The third-order valence-electron chi connectivity index (χ3n) is 8.54. The first-order valence-corrected chi connectivity index (χ1v) is 13.2. The summed E-state index contributed by atoms with van der Waals surface area (Å²) in [7, 11) is 1.43. The first-order chi connectivity index (χ1) is 18.5. The molecule has 3 N–H and O–H groups in total. The van der Waals surface area contributed by atoms with Gasteiger partial charge in [0, 0.05) is 41.9 Å². The number of hydrogen-bond donors (Lipinski definition) is 3. The monoisotopic (exact) mass is 530 g/mol. The lowest BCUT2D eigenvalue weighted by Gasteiger charge is -2.28. The Morgan fingerprint density at radius 2 is 2.00 bits per heavy atom. The molecule has 1 unspecified atom stereocenters. The van der Waals surface area contributed by atoms with E-state index < -0.39 is 11.7 Å². The third kappa shape index (κ3) is 3.05. The lowest BCUT2D eigenvalue weighted by atomic mass is 9.83. The maximum Gasteiger partial charge on any atom is 0.414 e. The smallest absolute Gasteiger partial charge is 0.414 e. The van der Waals surface area contributed by atoms with Crippen molar-refractivity contribution in [3.63, 3.8) is 0 Å². The summed E-state index contributed by atoms with van der Waals surface area (Å²) in [6.45, 7) is 8.22. The van der Waals surface area contributed by atoms with E-state index in [1.807, 2.05) is 13.1 Å². The van der Waals surface area contributed by atoms with E-state index in [1.165, 1.54) is 12.0 Å². The number of carbonyl (C=O) groups excluding carboxylic acids is 3. The van der Waals surface area contributed by atoms with E-state index in [9.17, 15) is 19.5 Å². The number of rotatable bonds is 2. The molecule has 202 valence electrons. The van der Waals surface area contributed by atoms with Crippen LogP contribution in [0.2, 0.25) is 0 Å². The molecule has 4 aliphatic rings. The van der Waals surface area contributed by atoms with E-state index in [2.05, 4.69) is 9.97 Å². The van der Waals surface area contributed by atoms with Crippen LogP contribution < -0.4 is 9.64 Å². The number of anilines is 1. The first-order valence-electron chi connectivity index (χ1n) is 13.2. The number of phenols is 1. The fraction of sp³-hybridized carbons (Fsp3) is 0.414. The van der Waals surface area contributed by atoms with Crippen LogP contribution >= 0.6 is 0 Å². The summed E-state index contributed by atoms with van der Waals surface area (Å²) in [4.78, 5) is 49.2. The summed E-state index contributed by atoms with van der Waals surface area (Å²) in [5, 5.41) is 11.9. The molecule has 0 radical (unpaired) electrons. The second-order valence-corrected chi connectivity index (χ2v) is 12.0. The summed E-state index contributed by atoms with van der Waals surface area (Å²) in [6, 6.07) is 1.76. The Kier molecular flexibility index (Phi) is 4.57. The van der Waals surface area contributed by atoms with Gasteiger partial charge in [-0.15, -0.1) is 0 Å². The minimum absolute atomic E-state index is 0.118. The average Bonchev–Trinajstić information content (AvgIpc) is 3.34. The standard InChI is InChI=1S/C29H30N4O6/c1-13-11-30-22-18(34)9-19-29(20(13)22)10-14(29)12-33(19)26(36)17-8-16-15-6-7-32(27(37)39-28(2,3)4)23(15)24(35)25(38-5)21(16)31-17/h8-9,11,14,30-31,35H,6-7,10,12H2,1-5H3/t14-,29?/m1/s1.